The molecule has 4 heteroatoms. The van der Waals surface area contributed by atoms with Crippen LogP contribution in [0, 0.1) is 11.3 Å². The average Bonchev–Trinajstić information content (AvgIpc) is 2.10. The number of halogens is 3. The van der Waals surface area contributed by atoms with Crippen molar-refractivity contribution in [2.75, 3.05) is 6.61 Å². The molecule has 0 aliphatic heterocycles. The maximum absolute atomic E-state index is 12.3. The van der Waals surface area contributed by atoms with Gasteiger partial charge in [0.15, 0.2) is 0 Å². The molecule has 0 heterocycles. The Hall–Kier alpha value is -0.250. The second-order valence-electron chi connectivity index (χ2n) is 6.11. The smallest absolute Gasteiger partial charge is 0.375 e. The van der Waals surface area contributed by atoms with Gasteiger partial charge in [0.1, 0.15) is 0 Å². The van der Waals surface area contributed by atoms with Gasteiger partial charge in [-0.15, -0.1) is 0 Å². The third-order valence-electron chi connectivity index (χ3n) is 3.60. The summed E-state index contributed by atoms with van der Waals surface area (Å²) in [6.45, 7) is 11.7. The van der Waals surface area contributed by atoms with E-state index in [1.54, 1.807) is 0 Å². The molecule has 104 valence electrons. The van der Waals surface area contributed by atoms with Crippen LogP contribution in [0.4, 0.5) is 13.2 Å². The molecule has 0 aliphatic carbocycles. The van der Waals surface area contributed by atoms with E-state index in [4.69, 9.17) is 4.74 Å². The van der Waals surface area contributed by atoms with E-state index in [0.29, 0.717) is 6.61 Å². The highest BCUT2D eigenvalue weighted by atomic mass is 19.4. The summed E-state index contributed by atoms with van der Waals surface area (Å²) >= 11 is 0. The van der Waals surface area contributed by atoms with Crippen molar-refractivity contribution in [1.29, 1.82) is 0 Å². The number of hydrogen-bond donors (Lipinski definition) is 0. The van der Waals surface area contributed by atoms with Crippen LogP contribution in [0.3, 0.4) is 0 Å². The summed E-state index contributed by atoms with van der Waals surface area (Å²) in [5, 5.41) is 0. The summed E-state index contributed by atoms with van der Waals surface area (Å²) in [6, 6.07) is 0. The van der Waals surface area contributed by atoms with Gasteiger partial charge in [0, 0.05) is 0 Å². The molecule has 0 radical (unpaired) electrons. The Morgan fingerprint density at radius 3 is 1.88 bits per heavy atom. The van der Waals surface area contributed by atoms with Crippen LogP contribution in [0.25, 0.3) is 0 Å². The molecule has 17 heavy (non-hydrogen) atoms. The maximum Gasteiger partial charge on any atom is 0.391 e. The Labute approximate surface area is 103 Å². The van der Waals surface area contributed by atoms with Gasteiger partial charge in [-0.3, -0.25) is 0 Å². The first-order valence-electron chi connectivity index (χ1n) is 6.10. The van der Waals surface area contributed by atoms with Crippen molar-refractivity contribution in [2.24, 2.45) is 11.3 Å². The lowest BCUT2D eigenvalue weighted by molar-refractivity contribution is -0.184. The molecule has 1 atom stereocenters. The summed E-state index contributed by atoms with van der Waals surface area (Å²) in [5.74, 6) is 0.236. The summed E-state index contributed by atoms with van der Waals surface area (Å²) in [4.78, 5) is 0. The van der Waals surface area contributed by atoms with Gasteiger partial charge in [0.25, 0.3) is 0 Å². The Bertz CT molecular complexity index is 231. The minimum Gasteiger partial charge on any atom is -0.375 e. The van der Waals surface area contributed by atoms with Crippen molar-refractivity contribution in [3.8, 4) is 0 Å². The fraction of sp³-hybridized carbons (Fsp3) is 1.00. The third-order valence-corrected chi connectivity index (χ3v) is 3.60. The average molecular weight is 254 g/mol. The van der Waals surface area contributed by atoms with E-state index in [1.165, 1.54) is 13.8 Å². The zero-order valence-electron chi connectivity index (χ0n) is 11.7. The Morgan fingerprint density at radius 2 is 1.53 bits per heavy atom. The van der Waals surface area contributed by atoms with Crippen LogP contribution in [0.5, 0.6) is 0 Å². The fourth-order valence-corrected chi connectivity index (χ4v) is 1.46. The van der Waals surface area contributed by atoms with Gasteiger partial charge >= 0.3 is 6.18 Å². The first kappa shape index (κ1) is 16.8. The maximum atomic E-state index is 12.3. The second kappa shape index (κ2) is 5.59. The monoisotopic (exact) mass is 254 g/mol. The fourth-order valence-electron chi connectivity index (χ4n) is 1.46. The van der Waals surface area contributed by atoms with E-state index in [1.807, 2.05) is 6.92 Å². The van der Waals surface area contributed by atoms with E-state index in [-0.39, 0.29) is 11.3 Å². The summed E-state index contributed by atoms with van der Waals surface area (Å²) in [6.07, 6.45) is -4.09. The molecule has 0 saturated carbocycles. The Morgan fingerprint density at radius 1 is 1.06 bits per heavy atom. The van der Waals surface area contributed by atoms with Gasteiger partial charge in [0.2, 0.25) is 0 Å². The van der Waals surface area contributed by atoms with Gasteiger partial charge < -0.3 is 4.74 Å². The van der Waals surface area contributed by atoms with Crippen molar-refractivity contribution in [1.82, 2.24) is 0 Å². The summed E-state index contributed by atoms with van der Waals surface area (Å²) in [5.41, 5.74) is -1.05. The lowest BCUT2D eigenvalue weighted by atomic mass is 9.78. The van der Waals surface area contributed by atoms with E-state index >= 15 is 0 Å². The van der Waals surface area contributed by atoms with Gasteiger partial charge in [-0.1, -0.05) is 34.1 Å². The standard InChI is InChI=1S/C13H25F3O/c1-7-11(3,4)10(2)8-17-12(5,6)9-13(14,15)16/h10H,7-9H2,1-6H3. The van der Waals surface area contributed by atoms with Crippen molar-refractivity contribution in [2.45, 2.75) is 66.2 Å². The van der Waals surface area contributed by atoms with Crippen LogP contribution in [0.2, 0.25) is 0 Å². The topological polar surface area (TPSA) is 9.23 Å². The van der Waals surface area contributed by atoms with Crippen molar-refractivity contribution in [3.63, 3.8) is 0 Å². The predicted octanol–water partition coefficient (Wildman–Crippen LogP) is 4.81. The van der Waals surface area contributed by atoms with Crippen molar-refractivity contribution >= 4 is 0 Å². The quantitative estimate of drug-likeness (QED) is 0.661. The molecule has 0 amide bonds. The van der Waals surface area contributed by atoms with E-state index in [0.717, 1.165) is 6.42 Å². The molecule has 0 bridgehead atoms. The number of alkyl halides is 3. The third kappa shape index (κ3) is 6.92. The van der Waals surface area contributed by atoms with Crippen LogP contribution in [0.1, 0.15) is 54.4 Å². The minimum atomic E-state index is -4.17. The number of hydrogen-bond acceptors (Lipinski definition) is 1. The number of ether oxygens (including phenoxy) is 1. The Balaban J connectivity index is 4.28. The molecule has 0 fully saturated rings. The highest BCUT2D eigenvalue weighted by Crippen LogP contribution is 2.33. The zero-order chi connectivity index (χ0) is 13.9. The lowest BCUT2D eigenvalue weighted by Crippen LogP contribution is -2.35. The molecule has 0 aromatic carbocycles. The predicted molar refractivity (Wildman–Crippen MR) is 63.9 cm³/mol. The SMILES string of the molecule is CCC(C)(C)C(C)COC(C)(C)CC(F)(F)F. The van der Waals surface area contributed by atoms with Crippen LogP contribution in [-0.4, -0.2) is 18.4 Å². The first-order chi connectivity index (χ1) is 7.40. The van der Waals surface area contributed by atoms with Gasteiger partial charge in [-0.05, 0) is 25.2 Å². The van der Waals surface area contributed by atoms with Gasteiger partial charge in [-0.25, -0.2) is 0 Å². The molecule has 0 aliphatic rings. The molecule has 1 nitrogen and oxygen atoms in total. The van der Waals surface area contributed by atoms with Gasteiger partial charge in [-0.2, -0.15) is 13.2 Å². The van der Waals surface area contributed by atoms with Crippen molar-refractivity contribution < 1.29 is 17.9 Å². The molecule has 0 aromatic heterocycles. The summed E-state index contributed by atoms with van der Waals surface area (Å²) in [7, 11) is 0. The van der Waals surface area contributed by atoms with E-state index in [2.05, 4.69) is 20.8 Å². The molecule has 0 N–H and O–H groups in total. The highest BCUT2D eigenvalue weighted by molar-refractivity contribution is 4.77. The molecular weight excluding hydrogens is 229 g/mol. The molecule has 0 aromatic rings. The van der Waals surface area contributed by atoms with Crippen molar-refractivity contribution in [3.05, 3.63) is 0 Å². The first-order valence-corrected chi connectivity index (χ1v) is 6.10. The second-order valence-corrected chi connectivity index (χ2v) is 6.11. The molecule has 1 unspecified atom stereocenters. The largest absolute Gasteiger partial charge is 0.391 e. The molecular formula is C13H25F3O. The normalized spacial score (nSPS) is 16.1. The van der Waals surface area contributed by atoms with Crippen LogP contribution < -0.4 is 0 Å². The number of rotatable bonds is 6. The zero-order valence-corrected chi connectivity index (χ0v) is 11.7. The Kier molecular flexibility index (Phi) is 5.51. The summed E-state index contributed by atoms with van der Waals surface area (Å²) < 4.78 is 42.3. The van der Waals surface area contributed by atoms with Gasteiger partial charge in [0.05, 0.1) is 18.6 Å². The molecule has 0 saturated heterocycles. The van der Waals surface area contributed by atoms with Crippen LogP contribution >= 0.6 is 0 Å². The van der Waals surface area contributed by atoms with Crippen LogP contribution in [-0.2, 0) is 4.74 Å². The molecule has 0 rings (SSSR count). The molecule has 0 spiro atoms. The lowest BCUT2D eigenvalue weighted by Gasteiger charge is -2.34. The van der Waals surface area contributed by atoms with E-state index in [9.17, 15) is 13.2 Å². The van der Waals surface area contributed by atoms with E-state index < -0.39 is 18.2 Å². The van der Waals surface area contributed by atoms with Crippen LogP contribution in [0.15, 0.2) is 0 Å². The minimum absolute atomic E-state index is 0.0916. The highest BCUT2D eigenvalue weighted by Gasteiger charge is 2.38.